The molecule has 0 amide bonds. The van der Waals surface area contributed by atoms with Crippen molar-refractivity contribution in [1.29, 1.82) is 0 Å². The van der Waals surface area contributed by atoms with Crippen molar-refractivity contribution in [3.05, 3.63) is 32.3 Å². The van der Waals surface area contributed by atoms with Crippen LogP contribution in [0.2, 0.25) is 0 Å². The average Bonchev–Trinajstić information content (AvgIpc) is 2.83. The van der Waals surface area contributed by atoms with E-state index in [1.165, 1.54) is 13.2 Å². The summed E-state index contributed by atoms with van der Waals surface area (Å²) in [5.74, 6) is 0.437. The quantitative estimate of drug-likeness (QED) is 0.777. The molecule has 0 bridgehead atoms. The van der Waals surface area contributed by atoms with Gasteiger partial charge < -0.3 is 15.0 Å². The Kier molecular flexibility index (Phi) is 3.85. The minimum atomic E-state index is -0.520. The molecular formula is C10H11N5O3S. The molecule has 0 aromatic carbocycles. The summed E-state index contributed by atoms with van der Waals surface area (Å²) in [5.41, 5.74) is -0.234. The maximum absolute atomic E-state index is 11.2. The van der Waals surface area contributed by atoms with Gasteiger partial charge in [0.2, 0.25) is 5.01 Å². The standard InChI is InChI=1S/C10H11N5O3S/c1-5-12-6(3-7(16)13-5)11-4-8-14-15-9(19-8)10(17)18-2/h3H,4H2,1-2H3,(H2,11,12,13,16). The molecule has 19 heavy (non-hydrogen) atoms. The zero-order valence-corrected chi connectivity index (χ0v) is 11.1. The highest BCUT2D eigenvalue weighted by Gasteiger charge is 2.12. The van der Waals surface area contributed by atoms with Crippen molar-refractivity contribution in [3.8, 4) is 0 Å². The number of anilines is 1. The molecule has 2 N–H and O–H groups in total. The van der Waals surface area contributed by atoms with Crippen LogP contribution in [0.5, 0.6) is 0 Å². The van der Waals surface area contributed by atoms with E-state index in [0.29, 0.717) is 23.2 Å². The van der Waals surface area contributed by atoms with Crippen LogP contribution in [0.1, 0.15) is 20.6 Å². The Morgan fingerprint density at radius 2 is 2.32 bits per heavy atom. The van der Waals surface area contributed by atoms with Crippen LogP contribution in [0.15, 0.2) is 10.9 Å². The lowest BCUT2D eigenvalue weighted by Crippen LogP contribution is -2.11. The van der Waals surface area contributed by atoms with Gasteiger partial charge in [-0.3, -0.25) is 4.79 Å². The maximum Gasteiger partial charge on any atom is 0.369 e. The fourth-order valence-corrected chi connectivity index (χ4v) is 2.03. The summed E-state index contributed by atoms with van der Waals surface area (Å²) in [6, 6.07) is 1.34. The normalized spacial score (nSPS) is 10.2. The second kappa shape index (κ2) is 5.57. The van der Waals surface area contributed by atoms with Gasteiger partial charge in [-0.1, -0.05) is 11.3 Å². The molecule has 8 nitrogen and oxygen atoms in total. The summed E-state index contributed by atoms with van der Waals surface area (Å²) in [4.78, 5) is 29.1. The molecule has 0 saturated carbocycles. The van der Waals surface area contributed by atoms with Crippen LogP contribution in [0.4, 0.5) is 5.82 Å². The number of esters is 1. The second-order valence-electron chi connectivity index (χ2n) is 3.56. The summed E-state index contributed by atoms with van der Waals surface area (Å²) >= 11 is 1.12. The number of methoxy groups -OCH3 is 1. The van der Waals surface area contributed by atoms with Crippen molar-refractivity contribution in [2.45, 2.75) is 13.5 Å². The first-order valence-corrected chi connectivity index (χ1v) is 6.12. The van der Waals surface area contributed by atoms with Crippen LogP contribution in [0, 0.1) is 6.92 Å². The van der Waals surface area contributed by atoms with Gasteiger partial charge in [-0.2, -0.15) is 0 Å². The number of aromatic amines is 1. The number of hydrogen-bond donors (Lipinski definition) is 2. The van der Waals surface area contributed by atoms with E-state index in [-0.39, 0.29) is 10.6 Å². The molecule has 0 spiro atoms. The third-order valence-electron chi connectivity index (χ3n) is 2.11. The highest BCUT2D eigenvalue weighted by atomic mass is 32.1. The minimum Gasteiger partial charge on any atom is -0.464 e. The summed E-state index contributed by atoms with van der Waals surface area (Å²) in [5, 5.41) is 11.3. The number of carbonyl (C=O) groups is 1. The fraction of sp³-hybridized carbons (Fsp3) is 0.300. The Labute approximate surface area is 111 Å². The van der Waals surface area contributed by atoms with Crippen molar-refractivity contribution in [1.82, 2.24) is 20.2 Å². The van der Waals surface area contributed by atoms with Crippen LogP contribution in [0.3, 0.4) is 0 Å². The van der Waals surface area contributed by atoms with Gasteiger partial charge in [0.15, 0.2) is 0 Å². The monoisotopic (exact) mass is 281 g/mol. The van der Waals surface area contributed by atoms with Crippen LogP contribution < -0.4 is 10.9 Å². The van der Waals surface area contributed by atoms with E-state index in [1.807, 2.05) is 0 Å². The minimum absolute atomic E-state index is 0.189. The predicted molar refractivity (Wildman–Crippen MR) is 68.2 cm³/mol. The number of aromatic nitrogens is 4. The molecule has 0 aliphatic heterocycles. The first kappa shape index (κ1) is 13.1. The largest absolute Gasteiger partial charge is 0.464 e. The zero-order valence-electron chi connectivity index (χ0n) is 10.3. The molecule has 2 aromatic rings. The topological polar surface area (TPSA) is 110 Å². The molecule has 0 unspecified atom stereocenters. The molecule has 0 atom stereocenters. The van der Waals surface area contributed by atoms with Gasteiger partial charge >= 0.3 is 5.97 Å². The Bertz CT molecular complexity index is 651. The molecular weight excluding hydrogens is 270 g/mol. The Morgan fingerprint density at radius 1 is 1.53 bits per heavy atom. The van der Waals surface area contributed by atoms with Crippen molar-refractivity contribution in [2.75, 3.05) is 12.4 Å². The Balaban J connectivity index is 2.04. The number of rotatable bonds is 4. The molecule has 2 heterocycles. The first-order valence-electron chi connectivity index (χ1n) is 5.31. The number of ether oxygens (including phenoxy) is 1. The lowest BCUT2D eigenvalue weighted by atomic mass is 10.5. The molecule has 0 radical (unpaired) electrons. The average molecular weight is 281 g/mol. The Morgan fingerprint density at radius 3 is 3.00 bits per heavy atom. The van der Waals surface area contributed by atoms with E-state index in [9.17, 15) is 9.59 Å². The zero-order chi connectivity index (χ0) is 13.8. The number of carbonyl (C=O) groups excluding carboxylic acids is 1. The number of nitrogens with one attached hydrogen (secondary N) is 2. The SMILES string of the molecule is COC(=O)c1nnc(CNc2cc(=O)[nH]c(C)n2)s1. The van der Waals surface area contributed by atoms with Gasteiger partial charge in [0.05, 0.1) is 13.7 Å². The lowest BCUT2D eigenvalue weighted by molar-refractivity contribution is 0.0599. The van der Waals surface area contributed by atoms with Gasteiger partial charge in [-0.25, -0.2) is 9.78 Å². The summed E-state index contributed by atoms with van der Waals surface area (Å²) in [6.45, 7) is 2.01. The van der Waals surface area contributed by atoms with Crippen LogP contribution in [-0.2, 0) is 11.3 Å². The van der Waals surface area contributed by atoms with Gasteiger partial charge in [0.25, 0.3) is 5.56 Å². The van der Waals surface area contributed by atoms with Gasteiger partial charge in [0.1, 0.15) is 16.6 Å². The third kappa shape index (κ3) is 3.35. The molecule has 2 rings (SSSR count). The predicted octanol–water partition coefficient (Wildman–Crippen LogP) is 0.329. The summed E-state index contributed by atoms with van der Waals surface area (Å²) in [6.07, 6.45) is 0. The second-order valence-corrected chi connectivity index (χ2v) is 4.62. The number of aryl methyl sites for hydroxylation is 1. The highest BCUT2D eigenvalue weighted by Crippen LogP contribution is 2.12. The van der Waals surface area contributed by atoms with E-state index in [2.05, 4.69) is 30.2 Å². The molecule has 0 saturated heterocycles. The highest BCUT2D eigenvalue weighted by molar-refractivity contribution is 7.13. The van der Waals surface area contributed by atoms with Crippen molar-refractivity contribution >= 4 is 23.1 Å². The molecule has 0 fully saturated rings. The van der Waals surface area contributed by atoms with Crippen LogP contribution >= 0.6 is 11.3 Å². The van der Waals surface area contributed by atoms with E-state index < -0.39 is 5.97 Å². The van der Waals surface area contributed by atoms with E-state index in [4.69, 9.17) is 0 Å². The van der Waals surface area contributed by atoms with Crippen molar-refractivity contribution in [3.63, 3.8) is 0 Å². The van der Waals surface area contributed by atoms with E-state index in [1.54, 1.807) is 6.92 Å². The molecule has 100 valence electrons. The smallest absolute Gasteiger partial charge is 0.369 e. The van der Waals surface area contributed by atoms with E-state index >= 15 is 0 Å². The van der Waals surface area contributed by atoms with Crippen LogP contribution in [0.25, 0.3) is 0 Å². The third-order valence-corrected chi connectivity index (χ3v) is 3.01. The maximum atomic E-state index is 11.2. The number of H-pyrrole nitrogens is 1. The first-order chi connectivity index (χ1) is 9.08. The summed E-state index contributed by atoms with van der Waals surface area (Å²) in [7, 11) is 1.28. The molecule has 2 aromatic heterocycles. The molecule has 9 heteroatoms. The number of hydrogen-bond acceptors (Lipinski definition) is 8. The fourth-order valence-electron chi connectivity index (χ4n) is 1.33. The molecule has 0 aliphatic carbocycles. The van der Waals surface area contributed by atoms with E-state index in [0.717, 1.165) is 11.3 Å². The Hall–Kier alpha value is -2.29. The molecule has 0 aliphatic rings. The van der Waals surface area contributed by atoms with Crippen LogP contribution in [-0.4, -0.2) is 33.2 Å². The number of nitrogens with zero attached hydrogens (tertiary/aromatic N) is 3. The van der Waals surface area contributed by atoms with Crippen molar-refractivity contribution < 1.29 is 9.53 Å². The van der Waals surface area contributed by atoms with Gasteiger partial charge in [-0.05, 0) is 6.92 Å². The lowest BCUT2D eigenvalue weighted by Gasteiger charge is -2.02. The van der Waals surface area contributed by atoms with Gasteiger partial charge in [0, 0.05) is 6.07 Å². The van der Waals surface area contributed by atoms with Gasteiger partial charge in [-0.15, -0.1) is 10.2 Å². The summed E-state index contributed by atoms with van der Waals surface area (Å²) < 4.78 is 4.53. The van der Waals surface area contributed by atoms with Crippen molar-refractivity contribution in [2.24, 2.45) is 0 Å².